The minimum atomic E-state index is -0.0969. The predicted octanol–water partition coefficient (Wildman–Crippen LogP) is 2.47. The van der Waals surface area contributed by atoms with Gasteiger partial charge < -0.3 is 15.0 Å². The van der Waals surface area contributed by atoms with Gasteiger partial charge in [-0.3, -0.25) is 0 Å². The Kier molecular flexibility index (Phi) is 3.84. The van der Waals surface area contributed by atoms with Crippen LogP contribution in [0.2, 0.25) is 0 Å². The Morgan fingerprint density at radius 1 is 1.16 bits per heavy atom. The lowest BCUT2D eigenvalue weighted by molar-refractivity contribution is 0.103. The van der Waals surface area contributed by atoms with E-state index in [9.17, 15) is 0 Å². The standard InChI is InChI=1S/C14H23N3O2/c15-10-14(7-3-1-2-4-8-14)13-16-12(17-19-13)11-6-5-9-18-11/h11H,1-10,15H2. The summed E-state index contributed by atoms with van der Waals surface area (Å²) in [6, 6.07) is 0. The first-order chi connectivity index (χ1) is 9.34. The molecule has 1 saturated heterocycles. The highest BCUT2D eigenvalue weighted by Gasteiger charge is 2.38. The zero-order valence-electron chi connectivity index (χ0n) is 11.4. The van der Waals surface area contributed by atoms with Crippen molar-refractivity contribution in [1.29, 1.82) is 0 Å². The minimum Gasteiger partial charge on any atom is -0.370 e. The van der Waals surface area contributed by atoms with Crippen LogP contribution in [-0.4, -0.2) is 23.3 Å². The molecule has 1 aliphatic carbocycles. The second-order valence-corrected chi connectivity index (χ2v) is 5.86. The molecular weight excluding hydrogens is 242 g/mol. The summed E-state index contributed by atoms with van der Waals surface area (Å²) in [5.41, 5.74) is 5.95. The third kappa shape index (κ3) is 2.54. The molecule has 3 rings (SSSR count). The van der Waals surface area contributed by atoms with Crippen LogP contribution in [0.25, 0.3) is 0 Å². The van der Waals surface area contributed by atoms with Gasteiger partial charge in [0.25, 0.3) is 0 Å². The van der Waals surface area contributed by atoms with Gasteiger partial charge in [0, 0.05) is 13.2 Å². The van der Waals surface area contributed by atoms with E-state index >= 15 is 0 Å². The smallest absolute Gasteiger partial charge is 0.234 e. The summed E-state index contributed by atoms with van der Waals surface area (Å²) in [7, 11) is 0. The quantitative estimate of drug-likeness (QED) is 0.850. The summed E-state index contributed by atoms with van der Waals surface area (Å²) in [5.74, 6) is 1.45. The van der Waals surface area contributed by atoms with Crippen molar-refractivity contribution < 1.29 is 9.26 Å². The summed E-state index contributed by atoms with van der Waals surface area (Å²) in [4.78, 5) is 4.62. The average molecular weight is 265 g/mol. The van der Waals surface area contributed by atoms with Crippen molar-refractivity contribution in [2.45, 2.75) is 62.9 Å². The first kappa shape index (κ1) is 13.1. The zero-order chi connectivity index (χ0) is 13.1. The lowest BCUT2D eigenvalue weighted by Gasteiger charge is -2.26. The summed E-state index contributed by atoms with van der Waals surface area (Å²) in [6.45, 7) is 1.40. The third-order valence-corrected chi connectivity index (χ3v) is 4.56. The molecule has 1 aromatic rings. The Morgan fingerprint density at radius 3 is 2.58 bits per heavy atom. The van der Waals surface area contributed by atoms with Crippen LogP contribution >= 0.6 is 0 Å². The number of hydrogen-bond donors (Lipinski definition) is 1. The Morgan fingerprint density at radius 2 is 1.95 bits per heavy atom. The van der Waals surface area contributed by atoms with Crippen LogP contribution in [0.4, 0.5) is 0 Å². The van der Waals surface area contributed by atoms with Gasteiger partial charge in [-0.2, -0.15) is 4.98 Å². The number of nitrogens with two attached hydrogens (primary N) is 1. The van der Waals surface area contributed by atoms with E-state index < -0.39 is 0 Å². The number of aromatic nitrogens is 2. The van der Waals surface area contributed by atoms with Gasteiger partial charge in [-0.05, 0) is 25.7 Å². The van der Waals surface area contributed by atoms with Gasteiger partial charge in [0.1, 0.15) is 6.10 Å². The van der Waals surface area contributed by atoms with Crippen LogP contribution in [0.15, 0.2) is 4.52 Å². The second-order valence-electron chi connectivity index (χ2n) is 5.86. The topological polar surface area (TPSA) is 74.2 Å². The SMILES string of the molecule is NCC1(c2nc(C3CCCO3)no2)CCCCCC1. The molecule has 106 valence electrons. The highest BCUT2D eigenvalue weighted by atomic mass is 16.5. The van der Waals surface area contributed by atoms with Crippen molar-refractivity contribution in [1.82, 2.24) is 10.1 Å². The van der Waals surface area contributed by atoms with Crippen LogP contribution in [0.5, 0.6) is 0 Å². The largest absolute Gasteiger partial charge is 0.370 e. The first-order valence-corrected chi connectivity index (χ1v) is 7.50. The van der Waals surface area contributed by atoms with Crippen LogP contribution in [0.3, 0.4) is 0 Å². The molecular formula is C14H23N3O2. The average Bonchev–Trinajstić information content (AvgIpc) is 3.06. The molecule has 0 spiro atoms. The molecule has 2 N–H and O–H groups in total. The Hall–Kier alpha value is -0.940. The molecule has 0 bridgehead atoms. The molecule has 5 heteroatoms. The zero-order valence-corrected chi connectivity index (χ0v) is 11.4. The summed E-state index contributed by atoms with van der Waals surface area (Å²) in [6.07, 6.45) is 9.21. The van der Waals surface area contributed by atoms with E-state index in [-0.39, 0.29) is 11.5 Å². The predicted molar refractivity (Wildman–Crippen MR) is 70.7 cm³/mol. The Bertz CT molecular complexity index is 405. The number of ether oxygens (including phenoxy) is 1. The van der Waals surface area contributed by atoms with Crippen LogP contribution in [-0.2, 0) is 10.2 Å². The van der Waals surface area contributed by atoms with Gasteiger partial charge in [-0.25, -0.2) is 0 Å². The molecule has 1 aliphatic heterocycles. The van der Waals surface area contributed by atoms with E-state index in [2.05, 4.69) is 10.1 Å². The van der Waals surface area contributed by atoms with E-state index in [4.69, 9.17) is 15.0 Å². The second kappa shape index (κ2) is 5.59. The normalized spacial score (nSPS) is 27.3. The van der Waals surface area contributed by atoms with Gasteiger partial charge in [-0.1, -0.05) is 30.8 Å². The minimum absolute atomic E-state index is 0.0260. The van der Waals surface area contributed by atoms with Gasteiger partial charge in [-0.15, -0.1) is 0 Å². The van der Waals surface area contributed by atoms with Crippen molar-refractivity contribution in [3.63, 3.8) is 0 Å². The summed E-state index contributed by atoms with van der Waals surface area (Å²) < 4.78 is 11.2. The van der Waals surface area contributed by atoms with Gasteiger partial charge in [0.15, 0.2) is 0 Å². The molecule has 0 radical (unpaired) electrons. The van der Waals surface area contributed by atoms with Crippen molar-refractivity contribution in [3.8, 4) is 0 Å². The van der Waals surface area contributed by atoms with Crippen molar-refractivity contribution in [2.24, 2.45) is 5.73 Å². The molecule has 0 amide bonds. The molecule has 1 saturated carbocycles. The highest BCUT2D eigenvalue weighted by molar-refractivity contribution is 5.08. The maximum atomic E-state index is 6.04. The highest BCUT2D eigenvalue weighted by Crippen LogP contribution is 2.37. The molecule has 5 nitrogen and oxygen atoms in total. The molecule has 2 heterocycles. The van der Waals surface area contributed by atoms with Crippen molar-refractivity contribution >= 4 is 0 Å². The summed E-state index contributed by atoms with van der Waals surface area (Å²) >= 11 is 0. The molecule has 1 aromatic heterocycles. The fourth-order valence-corrected chi connectivity index (χ4v) is 3.27. The van der Waals surface area contributed by atoms with E-state index in [1.165, 1.54) is 25.7 Å². The molecule has 1 atom stereocenters. The van der Waals surface area contributed by atoms with Gasteiger partial charge in [0.05, 0.1) is 5.41 Å². The molecule has 19 heavy (non-hydrogen) atoms. The number of hydrogen-bond acceptors (Lipinski definition) is 5. The Labute approximate surface area is 113 Å². The van der Waals surface area contributed by atoms with Crippen LogP contribution in [0, 0.1) is 0 Å². The number of rotatable bonds is 3. The molecule has 2 aliphatic rings. The maximum Gasteiger partial charge on any atom is 0.234 e. The third-order valence-electron chi connectivity index (χ3n) is 4.56. The molecule has 0 aromatic carbocycles. The summed E-state index contributed by atoms with van der Waals surface area (Å²) in [5, 5.41) is 4.13. The maximum absolute atomic E-state index is 6.04. The molecule has 1 unspecified atom stereocenters. The van der Waals surface area contributed by atoms with Crippen molar-refractivity contribution in [3.05, 3.63) is 11.7 Å². The monoisotopic (exact) mass is 265 g/mol. The number of nitrogens with zero attached hydrogens (tertiary/aromatic N) is 2. The molecule has 2 fully saturated rings. The van der Waals surface area contributed by atoms with E-state index in [1.54, 1.807) is 0 Å². The lowest BCUT2D eigenvalue weighted by Crippen LogP contribution is -2.35. The van der Waals surface area contributed by atoms with E-state index in [0.717, 1.165) is 38.2 Å². The van der Waals surface area contributed by atoms with Crippen LogP contribution in [0.1, 0.15) is 69.2 Å². The van der Waals surface area contributed by atoms with Gasteiger partial charge in [0.2, 0.25) is 11.7 Å². The van der Waals surface area contributed by atoms with E-state index in [0.29, 0.717) is 12.4 Å². The Balaban J connectivity index is 1.82. The van der Waals surface area contributed by atoms with E-state index in [1.807, 2.05) is 0 Å². The first-order valence-electron chi connectivity index (χ1n) is 7.50. The fraction of sp³-hybridized carbons (Fsp3) is 0.857. The van der Waals surface area contributed by atoms with Gasteiger partial charge >= 0.3 is 0 Å². The fourth-order valence-electron chi connectivity index (χ4n) is 3.27. The van der Waals surface area contributed by atoms with Crippen molar-refractivity contribution in [2.75, 3.05) is 13.2 Å². The van der Waals surface area contributed by atoms with Crippen LogP contribution < -0.4 is 5.73 Å². The lowest BCUT2D eigenvalue weighted by atomic mass is 9.80.